The first kappa shape index (κ1) is 36.8. The van der Waals surface area contributed by atoms with Crippen LogP contribution in [0.2, 0.25) is 0 Å². The lowest BCUT2D eigenvalue weighted by Gasteiger charge is -2.22. The molecule has 55 heavy (non-hydrogen) atoms. The van der Waals surface area contributed by atoms with Crippen LogP contribution in [-0.4, -0.2) is 24.2 Å². The van der Waals surface area contributed by atoms with Gasteiger partial charge in [0.25, 0.3) is 0 Å². The molecule has 5 nitrogen and oxygen atoms in total. The first-order valence-corrected chi connectivity index (χ1v) is 18.9. The third-order valence-electron chi connectivity index (χ3n) is 9.86. The van der Waals surface area contributed by atoms with Crippen molar-refractivity contribution < 1.29 is 5.11 Å². The van der Waals surface area contributed by atoms with Gasteiger partial charge in [-0.15, -0.1) is 0 Å². The second kappa shape index (κ2) is 19.0. The number of hydrogen-bond acceptors (Lipinski definition) is 3. The zero-order valence-corrected chi connectivity index (χ0v) is 30.9. The lowest BCUT2D eigenvalue weighted by Crippen LogP contribution is -2.12. The van der Waals surface area contributed by atoms with Gasteiger partial charge in [-0.1, -0.05) is 188 Å². The molecule has 0 saturated carbocycles. The monoisotopic (exact) mass is 718 g/mol. The molecule has 0 aliphatic rings. The van der Waals surface area contributed by atoms with Gasteiger partial charge in [-0.3, -0.25) is 0 Å². The molecule has 6 aromatic carbocycles. The van der Waals surface area contributed by atoms with Gasteiger partial charge < -0.3 is 14.2 Å². The number of aromatic nitrogens is 4. The van der Waals surface area contributed by atoms with Gasteiger partial charge in [0.15, 0.2) is 0 Å². The Balaban J connectivity index is 0.000000169. The van der Waals surface area contributed by atoms with E-state index < -0.39 is 6.10 Å². The highest BCUT2D eigenvalue weighted by molar-refractivity contribution is 5.50. The normalized spacial score (nSPS) is 11.8. The van der Waals surface area contributed by atoms with Gasteiger partial charge in [-0.05, 0) is 45.9 Å². The van der Waals surface area contributed by atoms with E-state index in [9.17, 15) is 5.11 Å². The summed E-state index contributed by atoms with van der Waals surface area (Å²) in [7, 11) is 0. The molecular weight excluding hydrogens is 673 g/mol. The fourth-order valence-corrected chi connectivity index (χ4v) is 7.01. The first-order valence-electron chi connectivity index (χ1n) is 18.9. The molecule has 0 amide bonds. The number of rotatable bonds is 13. The summed E-state index contributed by atoms with van der Waals surface area (Å²) in [4.78, 5) is 8.65. The summed E-state index contributed by atoms with van der Waals surface area (Å²) >= 11 is 0. The van der Waals surface area contributed by atoms with Gasteiger partial charge >= 0.3 is 0 Å². The van der Waals surface area contributed by atoms with Crippen LogP contribution in [0.15, 0.2) is 213 Å². The zero-order chi connectivity index (χ0) is 37.5. The molecule has 1 N–H and O–H groups in total. The Labute approximate surface area is 324 Å². The fourth-order valence-electron chi connectivity index (χ4n) is 7.01. The molecule has 0 radical (unpaired) electrons. The molecule has 8 rings (SSSR count). The second-order valence-electron chi connectivity index (χ2n) is 13.6. The number of aliphatic hydroxyl groups excluding tert-OH is 1. The Kier molecular flexibility index (Phi) is 12.7. The van der Waals surface area contributed by atoms with Crippen LogP contribution in [0.3, 0.4) is 0 Å². The predicted molar refractivity (Wildman–Crippen MR) is 224 cm³/mol. The maximum atomic E-state index is 11.1. The van der Waals surface area contributed by atoms with E-state index >= 15 is 0 Å². The van der Waals surface area contributed by atoms with Crippen molar-refractivity contribution in [1.82, 2.24) is 19.1 Å². The van der Waals surface area contributed by atoms with E-state index in [0.29, 0.717) is 13.0 Å². The van der Waals surface area contributed by atoms with E-state index in [2.05, 4.69) is 172 Å². The van der Waals surface area contributed by atoms with Crippen molar-refractivity contribution in [3.05, 3.63) is 258 Å². The molecule has 0 aliphatic heterocycles. The van der Waals surface area contributed by atoms with Crippen LogP contribution in [0, 0.1) is 0 Å². The molecule has 2 aromatic heterocycles. The van der Waals surface area contributed by atoms with Gasteiger partial charge in [0.05, 0.1) is 42.5 Å². The summed E-state index contributed by atoms with van der Waals surface area (Å²) in [5.74, 6) is 0.338. The van der Waals surface area contributed by atoms with Crippen molar-refractivity contribution in [2.75, 3.05) is 0 Å². The molecule has 0 spiro atoms. The van der Waals surface area contributed by atoms with Crippen molar-refractivity contribution >= 4 is 6.08 Å². The summed E-state index contributed by atoms with van der Waals surface area (Å²) < 4.78 is 4.21. The quantitative estimate of drug-likeness (QED) is 0.129. The molecule has 0 saturated heterocycles. The molecule has 8 aromatic rings. The third kappa shape index (κ3) is 10.1. The smallest absolute Gasteiger partial charge is 0.0965 e. The number of allylic oxidation sites excluding steroid dienone is 1. The van der Waals surface area contributed by atoms with Crippen molar-refractivity contribution in [2.45, 2.75) is 37.5 Å². The van der Waals surface area contributed by atoms with E-state index in [1.165, 1.54) is 33.4 Å². The Bertz CT molecular complexity index is 2220. The van der Waals surface area contributed by atoms with Gasteiger partial charge in [0.2, 0.25) is 0 Å². The third-order valence-corrected chi connectivity index (χ3v) is 9.86. The standard InChI is InChI=1S/C25H24N2O.C25H22N2/c28-25(24-17-26-19-27(24)18-20-10-4-1-5-11-20)16-23(21-12-6-2-7-13-21)22-14-8-3-9-15-22;1-4-10-21(11-5-1)19-27-20-26-18-24(27)16-17-25(22-12-6-2-7-13-22)23-14-8-3-9-15-23/h1-15,17,19,23,25,28H,16,18H2;1-18,20,25H,19H2. The Hall–Kier alpha value is -6.56. The minimum Gasteiger partial charge on any atom is -0.387 e. The molecular formula is C50H46N4O. The molecule has 2 heterocycles. The van der Waals surface area contributed by atoms with E-state index in [-0.39, 0.29) is 11.8 Å². The van der Waals surface area contributed by atoms with Gasteiger partial charge in [0.1, 0.15) is 0 Å². The van der Waals surface area contributed by atoms with Crippen molar-refractivity contribution in [1.29, 1.82) is 0 Å². The Morgan fingerprint density at radius 1 is 0.473 bits per heavy atom. The minimum atomic E-state index is -0.600. The lowest BCUT2D eigenvalue weighted by molar-refractivity contribution is 0.153. The van der Waals surface area contributed by atoms with Gasteiger partial charge in [-0.25, -0.2) is 9.97 Å². The van der Waals surface area contributed by atoms with Crippen LogP contribution in [0.1, 0.15) is 69.1 Å². The molecule has 0 fully saturated rings. The van der Waals surface area contributed by atoms with Crippen molar-refractivity contribution in [3.8, 4) is 0 Å². The number of aliphatic hydroxyl groups is 1. The second-order valence-corrected chi connectivity index (χ2v) is 13.6. The molecule has 5 heteroatoms. The van der Waals surface area contributed by atoms with Crippen LogP contribution < -0.4 is 0 Å². The van der Waals surface area contributed by atoms with Crippen LogP contribution in [0.5, 0.6) is 0 Å². The van der Waals surface area contributed by atoms with Gasteiger partial charge in [-0.2, -0.15) is 0 Å². The van der Waals surface area contributed by atoms with Crippen molar-refractivity contribution in [3.63, 3.8) is 0 Å². The largest absolute Gasteiger partial charge is 0.387 e. The summed E-state index contributed by atoms with van der Waals surface area (Å²) in [6.07, 6.45) is 11.8. The predicted octanol–water partition coefficient (Wildman–Crippen LogP) is 11.0. The summed E-state index contributed by atoms with van der Waals surface area (Å²) in [6, 6.07) is 62.8. The fraction of sp³-hybridized carbons (Fsp3) is 0.120. The number of hydrogen-bond donors (Lipinski definition) is 1. The van der Waals surface area contributed by atoms with E-state index in [0.717, 1.165) is 17.9 Å². The lowest BCUT2D eigenvalue weighted by atomic mass is 9.86. The molecule has 1 atom stereocenters. The van der Waals surface area contributed by atoms with Crippen LogP contribution >= 0.6 is 0 Å². The Morgan fingerprint density at radius 2 is 0.873 bits per heavy atom. The highest BCUT2D eigenvalue weighted by Crippen LogP contribution is 2.34. The average Bonchev–Trinajstić information content (AvgIpc) is 3.91. The number of nitrogens with zero attached hydrogens (tertiary/aromatic N) is 4. The molecule has 0 aliphatic carbocycles. The van der Waals surface area contributed by atoms with Crippen LogP contribution in [0.25, 0.3) is 6.08 Å². The summed E-state index contributed by atoms with van der Waals surface area (Å²) in [6.45, 7) is 1.52. The van der Waals surface area contributed by atoms with Gasteiger partial charge in [0, 0.05) is 24.9 Å². The maximum absolute atomic E-state index is 11.1. The van der Waals surface area contributed by atoms with E-state index in [4.69, 9.17) is 0 Å². The van der Waals surface area contributed by atoms with E-state index in [1.807, 2.05) is 53.5 Å². The van der Waals surface area contributed by atoms with E-state index in [1.54, 1.807) is 12.5 Å². The molecule has 272 valence electrons. The molecule has 1 unspecified atom stereocenters. The van der Waals surface area contributed by atoms with Crippen LogP contribution in [0.4, 0.5) is 0 Å². The summed E-state index contributed by atoms with van der Waals surface area (Å²) in [5, 5.41) is 11.1. The Morgan fingerprint density at radius 3 is 1.36 bits per heavy atom. The average molecular weight is 719 g/mol. The number of imidazole rings is 2. The highest BCUT2D eigenvalue weighted by atomic mass is 16.3. The topological polar surface area (TPSA) is 55.9 Å². The zero-order valence-electron chi connectivity index (χ0n) is 30.9. The molecule has 0 bridgehead atoms. The minimum absolute atomic E-state index is 0.123. The number of benzene rings is 6. The SMILES string of the molecule is C(=CC(c1ccccc1)c1ccccc1)c1cncn1Cc1ccccc1.OC(CC(c1ccccc1)c1ccccc1)c1cncn1Cc1ccccc1. The van der Waals surface area contributed by atoms with Crippen molar-refractivity contribution in [2.24, 2.45) is 0 Å². The summed E-state index contributed by atoms with van der Waals surface area (Å²) in [5.41, 5.74) is 9.41. The van der Waals surface area contributed by atoms with Crippen LogP contribution in [-0.2, 0) is 13.1 Å². The maximum Gasteiger partial charge on any atom is 0.0965 e. The first-order chi connectivity index (χ1) is 27.2. The highest BCUT2D eigenvalue weighted by Gasteiger charge is 2.22.